The fraction of sp³-hybridized carbons (Fsp3) is 0.500. The highest BCUT2D eigenvalue weighted by molar-refractivity contribution is 8.11. The first-order valence-electron chi connectivity index (χ1n) is 7.13. The zero-order chi connectivity index (χ0) is 20.2. The van der Waals surface area contributed by atoms with Crippen LogP contribution in [0, 0.1) is 0 Å². The average molecular weight is 460 g/mol. The van der Waals surface area contributed by atoms with Gasteiger partial charge in [-0.1, -0.05) is 0 Å². The van der Waals surface area contributed by atoms with Crippen LogP contribution in [0.4, 0.5) is 5.82 Å². The van der Waals surface area contributed by atoms with E-state index in [0.29, 0.717) is 17.7 Å². The lowest BCUT2D eigenvalue weighted by Gasteiger charge is -2.22. The maximum atomic E-state index is 11.6. The minimum Gasteiger partial charge on any atom is -0.382 e. The first-order valence-corrected chi connectivity index (χ1v) is 12.6. The van der Waals surface area contributed by atoms with E-state index in [1.807, 2.05) is 0 Å². The maximum Gasteiger partial charge on any atom is 0.705 e. The molecule has 0 saturated heterocycles. The summed E-state index contributed by atoms with van der Waals surface area (Å²) in [5.41, 5.74) is 6.69. The van der Waals surface area contributed by atoms with Crippen LogP contribution in [0.15, 0.2) is 12.7 Å². The summed E-state index contributed by atoms with van der Waals surface area (Å²) in [4.78, 5) is 30.1. The average Bonchev–Trinajstić information content (AvgIpc) is 2.96. The molecule has 2 heterocycles. The standard InChI is InChI=1S/C10H16N5O8P3S/c1-7(3-15-5-14-8-9(11)12-4-13-10(8)15)21-6-25(27,20-2)23-26(18,19)22-24(16)17/h4-5,7H,3,6H2,1-2H3,(H3-,11,12,13,16,17,18,19)/p+1/t7-,25?/m1/s1. The molecule has 0 radical (unpaired) electrons. The van der Waals surface area contributed by atoms with Gasteiger partial charge in [-0.25, -0.2) is 23.8 Å². The molecule has 0 bridgehead atoms. The summed E-state index contributed by atoms with van der Waals surface area (Å²) in [6, 6.07) is 0. The quantitative estimate of drug-likeness (QED) is 0.434. The maximum absolute atomic E-state index is 11.6. The number of nitrogens with zero attached hydrogens (tertiary/aromatic N) is 4. The van der Waals surface area contributed by atoms with Crippen LogP contribution in [0.5, 0.6) is 0 Å². The van der Waals surface area contributed by atoms with E-state index in [-0.39, 0.29) is 12.2 Å². The predicted octanol–water partition coefficient (Wildman–Crippen LogP) is 1.51. The second-order valence-electron chi connectivity index (χ2n) is 5.10. The van der Waals surface area contributed by atoms with Crippen LogP contribution in [0.1, 0.15) is 6.92 Å². The minimum absolute atomic E-state index is 0.247. The van der Waals surface area contributed by atoms with Gasteiger partial charge in [-0.15, -0.1) is 4.89 Å². The van der Waals surface area contributed by atoms with Crippen molar-refractivity contribution in [3.8, 4) is 0 Å². The highest BCUT2D eigenvalue weighted by Gasteiger charge is 2.40. The second kappa shape index (κ2) is 9.06. The van der Waals surface area contributed by atoms with Crippen LogP contribution < -0.4 is 5.73 Å². The Kier molecular flexibility index (Phi) is 7.51. The molecule has 3 unspecified atom stereocenters. The van der Waals surface area contributed by atoms with Crippen LogP contribution >= 0.6 is 22.6 Å². The molecule has 27 heavy (non-hydrogen) atoms. The van der Waals surface area contributed by atoms with Gasteiger partial charge >= 0.3 is 16.1 Å². The van der Waals surface area contributed by atoms with Crippen molar-refractivity contribution in [3.63, 3.8) is 0 Å². The van der Waals surface area contributed by atoms with Gasteiger partial charge in [0.25, 0.3) is 0 Å². The van der Waals surface area contributed by atoms with Crippen LogP contribution in [-0.4, -0.2) is 48.9 Å². The van der Waals surface area contributed by atoms with Gasteiger partial charge in [0, 0.05) is 11.7 Å². The second-order valence-corrected chi connectivity index (χ2v) is 11.3. The first kappa shape index (κ1) is 22.4. The van der Waals surface area contributed by atoms with Crippen LogP contribution in [0.25, 0.3) is 11.2 Å². The summed E-state index contributed by atoms with van der Waals surface area (Å²) in [5, 5.41) is 0. The molecule has 0 spiro atoms. The number of hydrogen-bond donors (Lipinski definition) is 3. The molecule has 0 aliphatic carbocycles. The van der Waals surface area contributed by atoms with Gasteiger partial charge in [0.2, 0.25) is 6.49 Å². The Hall–Kier alpha value is -0.910. The number of phosphoric acid groups is 1. The van der Waals surface area contributed by atoms with Crippen molar-refractivity contribution in [1.29, 1.82) is 0 Å². The Morgan fingerprint density at radius 1 is 1.44 bits per heavy atom. The van der Waals surface area contributed by atoms with Gasteiger partial charge in [-0.2, -0.15) is 0 Å². The molecule has 17 heteroatoms. The van der Waals surface area contributed by atoms with E-state index in [0.717, 1.165) is 7.11 Å². The highest BCUT2D eigenvalue weighted by Crippen LogP contribution is 2.65. The molecular weight excluding hydrogens is 443 g/mol. The number of aromatic nitrogens is 4. The number of imidazole rings is 1. The molecule has 0 amide bonds. The predicted molar refractivity (Wildman–Crippen MR) is 98.3 cm³/mol. The van der Waals surface area contributed by atoms with Gasteiger partial charge in [0.15, 0.2) is 11.5 Å². The van der Waals surface area contributed by atoms with Crippen molar-refractivity contribution >= 4 is 51.4 Å². The molecule has 150 valence electrons. The van der Waals surface area contributed by atoms with Gasteiger partial charge in [-0.05, 0) is 23.0 Å². The lowest BCUT2D eigenvalue weighted by molar-refractivity contribution is 0.0799. The van der Waals surface area contributed by atoms with E-state index in [1.54, 1.807) is 11.5 Å². The number of ether oxygens (including phenoxy) is 1. The van der Waals surface area contributed by atoms with Crippen LogP contribution in [0.2, 0.25) is 0 Å². The molecular formula is C10H17N5O8P3S+. The third-order valence-corrected chi connectivity index (χ3v) is 8.67. The topological polar surface area (TPSA) is 181 Å². The smallest absolute Gasteiger partial charge is 0.382 e. The van der Waals surface area contributed by atoms with E-state index in [9.17, 15) is 14.0 Å². The van der Waals surface area contributed by atoms with E-state index < -0.39 is 28.7 Å². The molecule has 0 aliphatic heterocycles. The number of nitrogen functional groups attached to an aromatic ring is 1. The number of rotatable bonds is 10. The molecule has 13 nitrogen and oxygen atoms in total. The molecule has 2 aromatic rings. The minimum atomic E-state index is -4.88. The monoisotopic (exact) mass is 460 g/mol. The van der Waals surface area contributed by atoms with Crippen molar-refractivity contribution in [2.24, 2.45) is 0 Å². The van der Waals surface area contributed by atoms with Gasteiger partial charge in [-0.3, -0.25) is 4.89 Å². The van der Waals surface area contributed by atoms with Gasteiger partial charge in [0.1, 0.15) is 18.2 Å². The zero-order valence-corrected chi connectivity index (χ0v) is 17.6. The largest absolute Gasteiger partial charge is 0.705 e. The number of nitrogens with two attached hydrogens (primary N) is 1. The molecule has 4 N–H and O–H groups in total. The Bertz CT molecular complexity index is 925. The lowest BCUT2D eigenvalue weighted by Crippen LogP contribution is -2.17. The zero-order valence-electron chi connectivity index (χ0n) is 14.1. The van der Waals surface area contributed by atoms with Crippen molar-refractivity contribution in [2.45, 2.75) is 19.6 Å². The summed E-state index contributed by atoms with van der Waals surface area (Å²) in [6.45, 7) is -1.39. The Morgan fingerprint density at radius 3 is 2.78 bits per heavy atom. The summed E-state index contributed by atoms with van der Waals surface area (Å²) < 4.78 is 43.0. The van der Waals surface area contributed by atoms with E-state index in [1.165, 1.54) is 12.7 Å². The Balaban J connectivity index is 2.01. The fourth-order valence-corrected chi connectivity index (χ4v) is 6.24. The molecule has 2 aromatic heterocycles. The normalized spacial score (nSPS) is 18.0. The lowest BCUT2D eigenvalue weighted by atomic mass is 10.4. The Labute approximate surface area is 159 Å². The van der Waals surface area contributed by atoms with Crippen molar-refractivity contribution in [1.82, 2.24) is 19.5 Å². The van der Waals surface area contributed by atoms with E-state index in [2.05, 4.69) is 19.3 Å². The summed E-state index contributed by atoms with van der Waals surface area (Å²) in [5.74, 6) is 0.247. The SMILES string of the molecule is COP(=S)(CO[C@H](C)Cn1cnc2c(N)ncnc21)OP(=O)(O)O[P+](=O)O. The van der Waals surface area contributed by atoms with Crippen molar-refractivity contribution < 1.29 is 36.8 Å². The third kappa shape index (κ3) is 6.30. The highest BCUT2D eigenvalue weighted by atomic mass is 32.5. The molecule has 4 atom stereocenters. The van der Waals surface area contributed by atoms with E-state index >= 15 is 0 Å². The third-order valence-electron chi connectivity index (χ3n) is 3.08. The molecule has 0 aromatic carbocycles. The molecule has 0 fully saturated rings. The van der Waals surface area contributed by atoms with Crippen LogP contribution in [-0.2, 0) is 45.4 Å². The van der Waals surface area contributed by atoms with Crippen molar-refractivity contribution in [3.05, 3.63) is 12.7 Å². The van der Waals surface area contributed by atoms with Gasteiger partial charge in [0.05, 0.1) is 19.0 Å². The summed E-state index contributed by atoms with van der Waals surface area (Å²) in [7, 11) is -7.08. The van der Waals surface area contributed by atoms with Gasteiger partial charge < -0.3 is 19.6 Å². The first-order chi connectivity index (χ1) is 12.6. The number of hydrogen-bond acceptors (Lipinski definition) is 11. The number of anilines is 1. The number of fused-ring (bicyclic) bond motifs is 1. The molecule has 0 aliphatic rings. The van der Waals surface area contributed by atoms with Crippen molar-refractivity contribution in [2.75, 3.05) is 19.2 Å². The Morgan fingerprint density at radius 2 is 2.15 bits per heavy atom. The fourth-order valence-electron chi connectivity index (χ4n) is 1.95. The molecule has 2 rings (SSSR count). The van der Waals surface area contributed by atoms with E-state index in [4.69, 9.17) is 36.0 Å². The molecule has 0 saturated carbocycles. The summed E-state index contributed by atoms with van der Waals surface area (Å²) >= 11 is 5.06. The van der Waals surface area contributed by atoms with Crippen LogP contribution in [0.3, 0.4) is 0 Å². The summed E-state index contributed by atoms with van der Waals surface area (Å²) in [6.07, 6.45) is 2.03.